The van der Waals surface area contributed by atoms with Gasteiger partial charge in [-0.2, -0.15) is 10.2 Å². The molecule has 0 unspecified atom stereocenters. The SMILES string of the molecule is COc1ccc(N=NC2C(N3CCOCC3)=CC(=[N+]3CCCC3)C=C2N2CCOCC2)cc1.F[B-](F)(F)F. The molecule has 0 spiro atoms. The van der Waals surface area contributed by atoms with Crippen molar-refractivity contribution in [2.45, 2.75) is 18.9 Å². The molecule has 13 heteroatoms. The molecule has 3 saturated heterocycles. The molecule has 1 aromatic rings. The van der Waals surface area contributed by atoms with Crippen LogP contribution in [0.2, 0.25) is 0 Å². The van der Waals surface area contributed by atoms with Crippen LogP contribution in [0, 0.1) is 0 Å². The van der Waals surface area contributed by atoms with E-state index in [1.54, 1.807) is 7.11 Å². The molecule has 3 aliphatic heterocycles. The van der Waals surface area contributed by atoms with E-state index in [2.05, 4.69) is 31.6 Å². The van der Waals surface area contributed by atoms with Gasteiger partial charge in [0.05, 0.1) is 50.6 Å². The van der Waals surface area contributed by atoms with Crippen LogP contribution < -0.4 is 4.74 Å². The van der Waals surface area contributed by atoms with Gasteiger partial charge in [-0.05, 0) is 24.3 Å². The molecule has 5 rings (SSSR count). The molecule has 1 aromatic carbocycles. The molecular weight excluding hydrogens is 505 g/mol. The molecule has 3 heterocycles. The van der Waals surface area contributed by atoms with Crippen molar-refractivity contribution in [3.05, 3.63) is 47.8 Å². The number of allylic oxidation sites excluding steroid dienone is 2. The summed E-state index contributed by atoms with van der Waals surface area (Å²) in [5.41, 5.74) is 4.57. The zero-order valence-electron chi connectivity index (χ0n) is 21.6. The second kappa shape index (κ2) is 13.2. The van der Waals surface area contributed by atoms with Crippen molar-refractivity contribution in [2.24, 2.45) is 10.2 Å². The molecule has 0 atom stereocenters. The van der Waals surface area contributed by atoms with E-state index in [4.69, 9.17) is 19.3 Å². The summed E-state index contributed by atoms with van der Waals surface area (Å²) in [5, 5.41) is 9.60. The van der Waals surface area contributed by atoms with Crippen LogP contribution in [0.1, 0.15) is 12.8 Å². The lowest BCUT2D eigenvalue weighted by molar-refractivity contribution is -0.504. The monoisotopic (exact) mass is 539 g/mol. The Balaban J connectivity index is 0.000000617. The first-order chi connectivity index (χ1) is 18.3. The maximum Gasteiger partial charge on any atom is 0.673 e. The van der Waals surface area contributed by atoms with E-state index in [0.717, 1.165) is 77.1 Å². The third-order valence-electron chi connectivity index (χ3n) is 6.74. The van der Waals surface area contributed by atoms with E-state index in [0.29, 0.717) is 0 Å². The quantitative estimate of drug-likeness (QED) is 0.244. The lowest BCUT2D eigenvalue weighted by atomic mass is 9.98. The average Bonchev–Trinajstić information content (AvgIpc) is 3.47. The number of rotatable bonds is 5. The van der Waals surface area contributed by atoms with Crippen LogP contribution in [0.25, 0.3) is 0 Å². The number of morpholine rings is 2. The van der Waals surface area contributed by atoms with Gasteiger partial charge < -0.3 is 41.3 Å². The van der Waals surface area contributed by atoms with E-state index >= 15 is 0 Å². The average molecular weight is 539 g/mol. The molecule has 208 valence electrons. The van der Waals surface area contributed by atoms with Crippen molar-refractivity contribution in [3.63, 3.8) is 0 Å². The minimum absolute atomic E-state index is 0.144. The first-order valence-electron chi connectivity index (χ1n) is 12.9. The molecule has 1 aliphatic carbocycles. The number of hydrogen-bond donors (Lipinski definition) is 0. The van der Waals surface area contributed by atoms with Crippen LogP contribution in [0.3, 0.4) is 0 Å². The summed E-state index contributed by atoms with van der Waals surface area (Å²) < 4.78 is 58.1. The van der Waals surface area contributed by atoms with Gasteiger partial charge in [-0.15, -0.1) is 0 Å². The van der Waals surface area contributed by atoms with E-state index in [1.807, 2.05) is 24.3 Å². The van der Waals surface area contributed by atoms with E-state index < -0.39 is 7.25 Å². The summed E-state index contributed by atoms with van der Waals surface area (Å²) in [7, 11) is -4.33. The first kappa shape index (κ1) is 28.1. The zero-order valence-corrected chi connectivity index (χ0v) is 21.6. The summed E-state index contributed by atoms with van der Waals surface area (Å²) in [4.78, 5) is 4.87. The van der Waals surface area contributed by atoms with Crippen molar-refractivity contribution in [1.29, 1.82) is 0 Å². The topological polar surface area (TPSA) is 61.9 Å². The number of ether oxygens (including phenoxy) is 3. The van der Waals surface area contributed by atoms with Gasteiger partial charge in [0.2, 0.25) is 5.71 Å². The second-order valence-electron chi connectivity index (χ2n) is 9.27. The summed E-state index contributed by atoms with van der Waals surface area (Å²) in [6.07, 6.45) is 7.20. The molecule has 0 saturated carbocycles. The Kier molecular flexibility index (Phi) is 9.78. The minimum atomic E-state index is -6.00. The summed E-state index contributed by atoms with van der Waals surface area (Å²) >= 11 is 0. The van der Waals surface area contributed by atoms with E-state index in [-0.39, 0.29) is 6.04 Å². The Labute approximate surface area is 220 Å². The fraction of sp³-hybridized carbons (Fsp3) is 0.560. The Morgan fingerprint density at radius 1 is 0.842 bits per heavy atom. The normalized spacial score (nSPS) is 22.7. The molecule has 38 heavy (non-hydrogen) atoms. The van der Waals surface area contributed by atoms with Crippen molar-refractivity contribution >= 4 is 18.7 Å². The van der Waals surface area contributed by atoms with Gasteiger partial charge in [0.25, 0.3) is 0 Å². The standard InChI is InChI=1S/C25H34N5O3.BF4/c1-31-22-6-4-20(5-7-22)26-27-25-23(29-10-14-32-15-11-29)18-21(28-8-2-3-9-28)19-24(25)30-12-16-33-17-13-30;2-1(3,4)5/h4-7,18-19,25H,2-3,8-17H2,1H3;/q+1;-1. The largest absolute Gasteiger partial charge is 0.673 e. The lowest BCUT2D eigenvalue weighted by Crippen LogP contribution is -2.46. The molecular formula is C25H34BF4N5O3. The molecule has 4 aliphatic rings. The zero-order chi connectivity index (χ0) is 27.0. The van der Waals surface area contributed by atoms with Crippen molar-refractivity contribution < 1.29 is 36.0 Å². The van der Waals surface area contributed by atoms with Gasteiger partial charge in [-0.1, -0.05) is 0 Å². The number of nitrogens with zero attached hydrogens (tertiary/aromatic N) is 5. The predicted octanol–water partition coefficient (Wildman–Crippen LogP) is 4.14. The number of methoxy groups -OCH3 is 1. The van der Waals surface area contributed by atoms with Gasteiger partial charge in [-0.3, -0.25) is 0 Å². The Morgan fingerprint density at radius 2 is 1.32 bits per heavy atom. The predicted molar refractivity (Wildman–Crippen MR) is 137 cm³/mol. The van der Waals surface area contributed by atoms with Crippen molar-refractivity contribution in [2.75, 3.05) is 72.8 Å². The first-order valence-corrected chi connectivity index (χ1v) is 12.9. The van der Waals surface area contributed by atoms with E-state index in [9.17, 15) is 17.3 Å². The summed E-state index contributed by atoms with van der Waals surface area (Å²) in [6.45, 7) is 8.73. The van der Waals surface area contributed by atoms with Crippen molar-refractivity contribution in [3.8, 4) is 5.75 Å². The van der Waals surface area contributed by atoms with Crippen LogP contribution in [0.15, 0.2) is 58.0 Å². The van der Waals surface area contributed by atoms with Gasteiger partial charge in [0, 0.05) is 51.2 Å². The maximum absolute atomic E-state index is 9.75. The highest BCUT2D eigenvalue weighted by Gasteiger charge is 2.35. The fourth-order valence-corrected chi connectivity index (χ4v) is 4.88. The second-order valence-corrected chi connectivity index (χ2v) is 9.27. The Bertz CT molecular complexity index is 998. The van der Waals surface area contributed by atoms with Gasteiger partial charge in [-0.25, -0.2) is 4.58 Å². The van der Waals surface area contributed by atoms with Gasteiger partial charge >= 0.3 is 7.25 Å². The van der Waals surface area contributed by atoms with Crippen LogP contribution in [0.4, 0.5) is 23.0 Å². The van der Waals surface area contributed by atoms with E-state index in [1.165, 1.54) is 29.9 Å². The lowest BCUT2D eigenvalue weighted by Gasteiger charge is -2.39. The highest BCUT2D eigenvalue weighted by atomic mass is 19.5. The van der Waals surface area contributed by atoms with Gasteiger partial charge in [0.15, 0.2) is 6.04 Å². The number of halogens is 4. The third kappa shape index (κ3) is 8.04. The number of hydrogen-bond acceptors (Lipinski definition) is 7. The van der Waals surface area contributed by atoms with Crippen LogP contribution >= 0.6 is 0 Å². The van der Waals surface area contributed by atoms with Crippen LogP contribution in [-0.4, -0.2) is 106 Å². The molecule has 0 radical (unpaired) electrons. The molecule has 0 aromatic heterocycles. The fourth-order valence-electron chi connectivity index (χ4n) is 4.88. The number of benzene rings is 1. The molecule has 3 fully saturated rings. The minimum Gasteiger partial charge on any atom is -0.497 e. The Morgan fingerprint density at radius 3 is 1.76 bits per heavy atom. The van der Waals surface area contributed by atoms with Crippen LogP contribution in [0.5, 0.6) is 5.75 Å². The van der Waals surface area contributed by atoms with Gasteiger partial charge in [0.1, 0.15) is 18.8 Å². The highest BCUT2D eigenvalue weighted by Crippen LogP contribution is 2.30. The highest BCUT2D eigenvalue weighted by molar-refractivity contribution is 6.50. The molecule has 0 N–H and O–H groups in total. The molecule has 0 bridgehead atoms. The summed E-state index contributed by atoms with van der Waals surface area (Å²) in [5.74, 6) is 0.819. The Hall–Kier alpha value is -2.93. The smallest absolute Gasteiger partial charge is 0.497 e. The maximum atomic E-state index is 9.75. The third-order valence-corrected chi connectivity index (χ3v) is 6.74. The van der Waals surface area contributed by atoms with Crippen LogP contribution in [-0.2, 0) is 9.47 Å². The number of azo groups is 1. The molecule has 8 nitrogen and oxygen atoms in total. The molecule has 0 amide bonds. The summed E-state index contributed by atoms with van der Waals surface area (Å²) in [6, 6.07) is 7.60. The van der Waals surface area contributed by atoms with Crippen molar-refractivity contribution in [1.82, 2.24) is 9.80 Å².